The van der Waals surface area contributed by atoms with E-state index in [2.05, 4.69) is 31.1 Å². The summed E-state index contributed by atoms with van der Waals surface area (Å²) in [6.07, 6.45) is 0. The first-order valence-electron chi connectivity index (χ1n) is 4.22. The maximum absolute atomic E-state index is 5.44. The molecule has 1 aromatic carbocycles. The van der Waals surface area contributed by atoms with Crippen LogP contribution in [-0.4, -0.2) is 22.3 Å². The molecule has 0 aliphatic heterocycles. The fourth-order valence-corrected chi connectivity index (χ4v) is 1.64. The number of aromatic nitrogens is 3. The van der Waals surface area contributed by atoms with Gasteiger partial charge in [-0.25, -0.2) is 0 Å². The average Bonchev–Trinajstić information content (AvgIpc) is 2.65. The second kappa shape index (κ2) is 3.90. The summed E-state index contributed by atoms with van der Waals surface area (Å²) in [7, 11) is 1.61. The van der Waals surface area contributed by atoms with Gasteiger partial charge in [0.25, 0.3) is 0 Å². The zero-order valence-corrected chi connectivity index (χ0v) is 9.58. The minimum Gasteiger partial charge on any atom is -0.497 e. The maximum atomic E-state index is 5.44. The number of ether oxygens (including phenoxy) is 1. The normalized spacial score (nSPS) is 10.3. The van der Waals surface area contributed by atoms with E-state index < -0.39 is 0 Å². The molecule has 0 aliphatic carbocycles. The Hall–Kier alpha value is -1.56. The summed E-state index contributed by atoms with van der Waals surface area (Å²) in [6.45, 7) is 0. The molecule has 0 radical (unpaired) electrons. The van der Waals surface area contributed by atoms with Crippen LogP contribution in [0.25, 0.3) is 11.4 Å². The third-order valence-corrected chi connectivity index (χ3v) is 2.62. The van der Waals surface area contributed by atoms with Gasteiger partial charge < -0.3 is 10.5 Å². The summed E-state index contributed by atoms with van der Waals surface area (Å²) in [5.41, 5.74) is 6.30. The number of H-pyrrole nitrogens is 1. The number of nitrogens with one attached hydrogen (secondary N) is 1. The number of aromatic amines is 1. The van der Waals surface area contributed by atoms with E-state index in [1.54, 1.807) is 7.11 Å². The summed E-state index contributed by atoms with van der Waals surface area (Å²) in [5, 5.41) is 6.51. The van der Waals surface area contributed by atoms with Gasteiger partial charge in [-0.2, -0.15) is 4.98 Å². The van der Waals surface area contributed by atoms with Gasteiger partial charge in [0.05, 0.1) is 7.11 Å². The lowest BCUT2D eigenvalue weighted by Gasteiger charge is -2.03. The molecule has 15 heavy (non-hydrogen) atoms. The van der Waals surface area contributed by atoms with Gasteiger partial charge in [-0.15, -0.1) is 5.10 Å². The van der Waals surface area contributed by atoms with Gasteiger partial charge in [-0.3, -0.25) is 5.10 Å². The Morgan fingerprint density at radius 1 is 1.47 bits per heavy atom. The van der Waals surface area contributed by atoms with E-state index in [4.69, 9.17) is 10.5 Å². The molecule has 6 heteroatoms. The van der Waals surface area contributed by atoms with Gasteiger partial charge in [-0.05, 0) is 18.2 Å². The van der Waals surface area contributed by atoms with Crippen molar-refractivity contribution in [2.24, 2.45) is 0 Å². The lowest BCUT2D eigenvalue weighted by Crippen LogP contribution is -1.88. The quantitative estimate of drug-likeness (QED) is 0.871. The largest absolute Gasteiger partial charge is 0.497 e. The van der Waals surface area contributed by atoms with E-state index in [9.17, 15) is 0 Å². The molecule has 0 unspecified atom stereocenters. The van der Waals surface area contributed by atoms with Gasteiger partial charge in [0.2, 0.25) is 5.95 Å². The molecule has 78 valence electrons. The topological polar surface area (TPSA) is 76.8 Å². The van der Waals surface area contributed by atoms with Crippen molar-refractivity contribution in [1.29, 1.82) is 0 Å². The molecule has 0 spiro atoms. The SMILES string of the molecule is COc1ccc(Br)c(-c2nc(N)n[nH]2)c1. The first kappa shape index (κ1) is 9.97. The Labute approximate surface area is 94.8 Å². The van der Waals surface area contributed by atoms with Crippen LogP contribution in [0.15, 0.2) is 22.7 Å². The summed E-state index contributed by atoms with van der Waals surface area (Å²) in [4.78, 5) is 4.04. The van der Waals surface area contributed by atoms with Crippen molar-refractivity contribution in [1.82, 2.24) is 15.2 Å². The monoisotopic (exact) mass is 268 g/mol. The number of benzene rings is 1. The molecule has 1 aromatic heterocycles. The van der Waals surface area contributed by atoms with Crippen molar-refractivity contribution in [3.8, 4) is 17.1 Å². The Morgan fingerprint density at radius 2 is 2.27 bits per heavy atom. The Kier molecular flexibility index (Phi) is 2.59. The standard InChI is InChI=1S/C9H9BrN4O/c1-15-5-2-3-7(10)6(4-5)8-12-9(11)14-13-8/h2-4H,1H3,(H3,11,12,13,14). The second-order valence-corrected chi connectivity index (χ2v) is 3.74. The predicted molar refractivity (Wildman–Crippen MR) is 60.5 cm³/mol. The van der Waals surface area contributed by atoms with Crippen LogP contribution in [0.3, 0.4) is 0 Å². The number of anilines is 1. The molecule has 0 amide bonds. The number of nitrogen functional groups attached to an aromatic ring is 1. The molecule has 1 heterocycles. The van der Waals surface area contributed by atoms with Gasteiger partial charge in [0.1, 0.15) is 5.75 Å². The first-order valence-corrected chi connectivity index (χ1v) is 5.02. The van der Waals surface area contributed by atoms with E-state index in [0.29, 0.717) is 5.82 Å². The van der Waals surface area contributed by atoms with Crippen LogP contribution < -0.4 is 10.5 Å². The molecule has 0 bridgehead atoms. The minimum atomic E-state index is 0.222. The zero-order chi connectivity index (χ0) is 10.8. The molecule has 2 aromatic rings. The highest BCUT2D eigenvalue weighted by atomic mass is 79.9. The predicted octanol–water partition coefficient (Wildman–Crippen LogP) is 1.82. The second-order valence-electron chi connectivity index (χ2n) is 2.89. The first-order chi connectivity index (χ1) is 7.20. The number of nitrogens with zero attached hydrogens (tertiary/aromatic N) is 2. The Morgan fingerprint density at radius 3 is 2.87 bits per heavy atom. The van der Waals surface area contributed by atoms with Crippen molar-refractivity contribution in [3.05, 3.63) is 22.7 Å². The van der Waals surface area contributed by atoms with Crippen molar-refractivity contribution in [3.63, 3.8) is 0 Å². The Balaban J connectivity index is 2.51. The van der Waals surface area contributed by atoms with Crippen LogP contribution in [-0.2, 0) is 0 Å². The zero-order valence-electron chi connectivity index (χ0n) is 7.99. The van der Waals surface area contributed by atoms with Gasteiger partial charge >= 0.3 is 0 Å². The smallest absolute Gasteiger partial charge is 0.239 e. The van der Waals surface area contributed by atoms with Crippen molar-refractivity contribution >= 4 is 21.9 Å². The molecule has 0 saturated carbocycles. The van der Waals surface area contributed by atoms with Crippen molar-refractivity contribution in [2.45, 2.75) is 0 Å². The van der Waals surface area contributed by atoms with Gasteiger partial charge in [0, 0.05) is 10.0 Å². The molecule has 0 aliphatic rings. The minimum absolute atomic E-state index is 0.222. The molecule has 5 nitrogen and oxygen atoms in total. The van der Waals surface area contributed by atoms with Crippen LogP contribution >= 0.6 is 15.9 Å². The maximum Gasteiger partial charge on any atom is 0.239 e. The van der Waals surface area contributed by atoms with Crippen LogP contribution in [0.2, 0.25) is 0 Å². The van der Waals surface area contributed by atoms with Crippen LogP contribution in [0, 0.1) is 0 Å². The highest BCUT2D eigenvalue weighted by Crippen LogP contribution is 2.29. The van der Waals surface area contributed by atoms with Crippen molar-refractivity contribution < 1.29 is 4.74 Å². The molecular formula is C9H9BrN4O. The van der Waals surface area contributed by atoms with E-state index >= 15 is 0 Å². The van der Waals surface area contributed by atoms with Crippen LogP contribution in [0.1, 0.15) is 0 Å². The molecule has 0 fully saturated rings. The highest BCUT2D eigenvalue weighted by molar-refractivity contribution is 9.10. The number of hydrogen-bond acceptors (Lipinski definition) is 4. The van der Waals surface area contributed by atoms with Crippen LogP contribution in [0.5, 0.6) is 5.75 Å². The van der Waals surface area contributed by atoms with Crippen molar-refractivity contribution in [2.75, 3.05) is 12.8 Å². The summed E-state index contributed by atoms with van der Waals surface area (Å²) in [6, 6.07) is 5.59. The fourth-order valence-electron chi connectivity index (χ4n) is 1.21. The lowest BCUT2D eigenvalue weighted by molar-refractivity contribution is 0.415. The third-order valence-electron chi connectivity index (χ3n) is 1.93. The number of halogens is 1. The number of methoxy groups -OCH3 is 1. The van der Waals surface area contributed by atoms with Gasteiger partial charge in [-0.1, -0.05) is 15.9 Å². The molecule has 0 atom stereocenters. The number of rotatable bonds is 2. The highest BCUT2D eigenvalue weighted by Gasteiger charge is 2.08. The molecule has 0 saturated heterocycles. The number of nitrogens with two attached hydrogens (primary N) is 1. The van der Waals surface area contributed by atoms with Gasteiger partial charge in [0.15, 0.2) is 5.82 Å². The van der Waals surface area contributed by atoms with E-state index in [-0.39, 0.29) is 5.95 Å². The lowest BCUT2D eigenvalue weighted by atomic mass is 10.2. The third kappa shape index (κ3) is 1.94. The summed E-state index contributed by atoms with van der Waals surface area (Å²) >= 11 is 3.42. The average molecular weight is 269 g/mol. The number of hydrogen-bond donors (Lipinski definition) is 2. The van der Waals surface area contributed by atoms with Crippen LogP contribution in [0.4, 0.5) is 5.95 Å². The fraction of sp³-hybridized carbons (Fsp3) is 0.111. The molecule has 3 N–H and O–H groups in total. The van der Waals surface area contributed by atoms with E-state index in [0.717, 1.165) is 15.8 Å². The van der Waals surface area contributed by atoms with E-state index in [1.807, 2.05) is 18.2 Å². The Bertz CT molecular complexity index is 483. The summed E-state index contributed by atoms with van der Waals surface area (Å²) in [5.74, 6) is 1.58. The molecular weight excluding hydrogens is 260 g/mol. The summed E-state index contributed by atoms with van der Waals surface area (Å²) < 4.78 is 6.03. The van der Waals surface area contributed by atoms with E-state index in [1.165, 1.54) is 0 Å². The molecule has 2 rings (SSSR count).